The number of hydrogen-bond acceptors (Lipinski definition) is 2. The molecule has 1 nitrogen and oxygen atoms in total. The summed E-state index contributed by atoms with van der Waals surface area (Å²) >= 11 is 1.91. The van der Waals surface area contributed by atoms with Crippen molar-refractivity contribution in [1.29, 1.82) is 0 Å². The first-order valence-electron chi connectivity index (χ1n) is 6.66. The first-order valence-corrected chi connectivity index (χ1v) is 7.54. The third-order valence-corrected chi connectivity index (χ3v) is 4.44. The second kappa shape index (κ2) is 6.41. The predicted molar refractivity (Wildman–Crippen MR) is 72.1 cm³/mol. The van der Waals surface area contributed by atoms with Crippen molar-refractivity contribution in [2.45, 2.75) is 51.5 Å². The smallest absolute Gasteiger partial charge is 0.0143 e. The zero-order valence-electron chi connectivity index (χ0n) is 10.3. The van der Waals surface area contributed by atoms with Gasteiger partial charge < -0.3 is 4.90 Å². The summed E-state index contributed by atoms with van der Waals surface area (Å²) in [6.45, 7) is 4.97. The van der Waals surface area contributed by atoms with Crippen LogP contribution in [0.5, 0.6) is 0 Å². The van der Waals surface area contributed by atoms with Crippen LogP contribution in [0.3, 0.4) is 0 Å². The number of nitrogens with zero attached hydrogens (tertiary/aromatic N) is 1. The van der Waals surface area contributed by atoms with E-state index in [1.807, 2.05) is 11.3 Å². The van der Waals surface area contributed by atoms with Crippen LogP contribution in [0.4, 0.5) is 0 Å². The van der Waals surface area contributed by atoms with Gasteiger partial charge in [-0.1, -0.05) is 25.8 Å². The Balaban J connectivity index is 1.92. The van der Waals surface area contributed by atoms with Crippen LogP contribution in [-0.4, -0.2) is 24.0 Å². The normalized spacial score (nSPS) is 19.8. The van der Waals surface area contributed by atoms with Gasteiger partial charge in [-0.05, 0) is 50.2 Å². The van der Waals surface area contributed by atoms with Crippen LogP contribution in [-0.2, 0) is 6.42 Å². The number of likely N-dealkylation sites (tertiary alicyclic amines) is 1. The Morgan fingerprint density at radius 1 is 1.31 bits per heavy atom. The van der Waals surface area contributed by atoms with Crippen molar-refractivity contribution in [3.05, 3.63) is 22.4 Å². The fourth-order valence-electron chi connectivity index (χ4n) is 2.69. The molecule has 0 bridgehead atoms. The lowest BCUT2D eigenvalue weighted by Gasteiger charge is -2.34. The van der Waals surface area contributed by atoms with Crippen molar-refractivity contribution in [3.8, 4) is 0 Å². The van der Waals surface area contributed by atoms with Crippen LogP contribution in [0.25, 0.3) is 0 Å². The van der Waals surface area contributed by atoms with Crippen molar-refractivity contribution in [3.63, 3.8) is 0 Å². The Kier molecular flexibility index (Phi) is 4.86. The molecule has 1 unspecified atom stereocenters. The Morgan fingerprint density at radius 2 is 2.12 bits per heavy atom. The molecule has 0 saturated carbocycles. The van der Waals surface area contributed by atoms with Crippen molar-refractivity contribution in [1.82, 2.24) is 4.90 Å². The maximum absolute atomic E-state index is 2.73. The van der Waals surface area contributed by atoms with E-state index in [0.717, 1.165) is 6.04 Å². The zero-order chi connectivity index (χ0) is 11.2. The van der Waals surface area contributed by atoms with Gasteiger partial charge in [-0.15, -0.1) is 11.3 Å². The molecule has 2 heteroatoms. The van der Waals surface area contributed by atoms with Gasteiger partial charge >= 0.3 is 0 Å². The van der Waals surface area contributed by atoms with E-state index in [-0.39, 0.29) is 0 Å². The summed E-state index contributed by atoms with van der Waals surface area (Å²) in [5.74, 6) is 0. The van der Waals surface area contributed by atoms with Crippen LogP contribution in [0.1, 0.15) is 43.9 Å². The molecule has 0 amide bonds. The maximum atomic E-state index is 2.73. The fraction of sp³-hybridized carbons (Fsp3) is 0.714. The predicted octanol–water partition coefficient (Wildman–Crippen LogP) is 3.95. The molecule has 1 aliphatic rings. The summed E-state index contributed by atoms with van der Waals surface area (Å²) in [6.07, 6.45) is 8.19. The van der Waals surface area contributed by atoms with Gasteiger partial charge in [0.25, 0.3) is 0 Å². The lowest BCUT2D eigenvalue weighted by atomic mass is 10.0. The average molecular weight is 237 g/mol. The van der Waals surface area contributed by atoms with Crippen molar-refractivity contribution < 1.29 is 0 Å². The molecule has 90 valence electrons. The molecule has 1 aromatic heterocycles. The molecule has 2 rings (SSSR count). The van der Waals surface area contributed by atoms with Gasteiger partial charge in [0.2, 0.25) is 0 Å². The van der Waals surface area contributed by atoms with Gasteiger partial charge in [0, 0.05) is 10.9 Å². The second-order valence-corrected chi connectivity index (χ2v) is 5.85. The Bertz CT molecular complexity index is 275. The SMILES string of the molecule is CCCC(Cc1cccs1)N1CCCCC1. The second-order valence-electron chi connectivity index (χ2n) is 4.82. The summed E-state index contributed by atoms with van der Waals surface area (Å²) in [5, 5.41) is 2.20. The Hall–Kier alpha value is -0.340. The molecular formula is C14H23NS. The van der Waals surface area contributed by atoms with Crippen LogP contribution < -0.4 is 0 Å². The summed E-state index contributed by atoms with van der Waals surface area (Å²) < 4.78 is 0. The highest BCUT2D eigenvalue weighted by atomic mass is 32.1. The quantitative estimate of drug-likeness (QED) is 0.749. The van der Waals surface area contributed by atoms with E-state index >= 15 is 0 Å². The molecular weight excluding hydrogens is 214 g/mol. The van der Waals surface area contributed by atoms with Gasteiger partial charge in [0.15, 0.2) is 0 Å². The first-order chi connectivity index (χ1) is 7.90. The van der Waals surface area contributed by atoms with E-state index < -0.39 is 0 Å². The fourth-order valence-corrected chi connectivity index (χ4v) is 3.47. The van der Waals surface area contributed by atoms with Gasteiger partial charge in [0.05, 0.1) is 0 Å². The molecule has 0 N–H and O–H groups in total. The van der Waals surface area contributed by atoms with E-state index in [9.17, 15) is 0 Å². The van der Waals surface area contributed by atoms with E-state index in [4.69, 9.17) is 0 Å². The maximum Gasteiger partial charge on any atom is 0.0143 e. The summed E-state index contributed by atoms with van der Waals surface area (Å²) in [4.78, 5) is 4.29. The monoisotopic (exact) mass is 237 g/mol. The molecule has 1 aromatic rings. The highest BCUT2D eigenvalue weighted by molar-refractivity contribution is 7.09. The average Bonchev–Trinajstić information content (AvgIpc) is 2.83. The third-order valence-electron chi connectivity index (χ3n) is 3.55. The van der Waals surface area contributed by atoms with Crippen LogP contribution in [0.15, 0.2) is 17.5 Å². The van der Waals surface area contributed by atoms with E-state index in [0.29, 0.717) is 0 Å². The summed E-state index contributed by atoms with van der Waals surface area (Å²) in [7, 11) is 0. The van der Waals surface area contributed by atoms with Crippen molar-refractivity contribution >= 4 is 11.3 Å². The number of hydrogen-bond donors (Lipinski definition) is 0. The van der Waals surface area contributed by atoms with Crippen LogP contribution in [0, 0.1) is 0 Å². The lowest BCUT2D eigenvalue weighted by molar-refractivity contribution is 0.154. The molecule has 0 spiro atoms. The third kappa shape index (κ3) is 3.33. The van der Waals surface area contributed by atoms with Crippen LogP contribution in [0.2, 0.25) is 0 Å². The first kappa shape index (κ1) is 12.1. The van der Waals surface area contributed by atoms with Crippen LogP contribution >= 0.6 is 11.3 Å². The lowest BCUT2D eigenvalue weighted by Crippen LogP contribution is -2.40. The minimum Gasteiger partial charge on any atom is -0.300 e. The van der Waals surface area contributed by atoms with Crippen molar-refractivity contribution in [2.24, 2.45) is 0 Å². The largest absolute Gasteiger partial charge is 0.300 e. The number of piperidine rings is 1. The topological polar surface area (TPSA) is 3.24 Å². The minimum absolute atomic E-state index is 0.795. The molecule has 0 aliphatic carbocycles. The van der Waals surface area contributed by atoms with E-state index in [1.54, 1.807) is 4.88 Å². The van der Waals surface area contributed by atoms with Crippen molar-refractivity contribution in [2.75, 3.05) is 13.1 Å². The highest BCUT2D eigenvalue weighted by Gasteiger charge is 2.20. The molecule has 16 heavy (non-hydrogen) atoms. The van der Waals surface area contributed by atoms with Gasteiger partial charge in [-0.3, -0.25) is 0 Å². The van der Waals surface area contributed by atoms with Gasteiger partial charge in [0.1, 0.15) is 0 Å². The summed E-state index contributed by atoms with van der Waals surface area (Å²) in [6, 6.07) is 5.26. The minimum atomic E-state index is 0.795. The molecule has 1 atom stereocenters. The van der Waals surface area contributed by atoms with E-state index in [2.05, 4.69) is 29.3 Å². The molecule has 0 aromatic carbocycles. The molecule has 0 radical (unpaired) electrons. The molecule has 2 heterocycles. The van der Waals surface area contributed by atoms with Gasteiger partial charge in [-0.25, -0.2) is 0 Å². The molecule has 1 aliphatic heterocycles. The number of thiophene rings is 1. The van der Waals surface area contributed by atoms with Gasteiger partial charge in [-0.2, -0.15) is 0 Å². The Morgan fingerprint density at radius 3 is 2.75 bits per heavy atom. The van der Waals surface area contributed by atoms with E-state index in [1.165, 1.54) is 51.6 Å². The number of rotatable bonds is 5. The summed E-state index contributed by atoms with van der Waals surface area (Å²) in [5.41, 5.74) is 0. The molecule has 1 fully saturated rings. The molecule has 1 saturated heterocycles. The highest BCUT2D eigenvalue weighted by Crippen LogP contribution is 2.21. The Labute approximate surface area is 103 Å². The zero-order valence-corrected chi connectivity index (χ0v) is 11.1. The standard InChI is InChI=1S/C14H23NS/c1-2-7-13(12-14-8-6-11-16-14)15-9-4-3-5-10-15/h6,8,11,13H,2-5,7,9-10,12H2,1H3.